The topological polar surface area (TPSA) is 79.9 Å². The molecule has 98 valence electrons. The number of hydrogen-bond donors (Lipinski definition) is 2. The molecule has 0 aliphatic heterocycles. The highest BCUT2D eigenvalue weighted by atomic mass is 16.5. The van der Waals surface area contributed by atoms with Crippen molar-refractivity contribution in [3.05, 3.63) is 47.7 Å². The number of nitrogens with zero attached hydrogens (tertiary/aromatic N) is 2. The molecule has 3 aromatic rings. The van der Waals surface area contributed by atoms with Gasteiger partial charge in [0.25, 0.3) is 0 Å². The molecule has 2 N–H and O–H groups in total. The second-order valence-electron chi connectivity index (χ2n) is 4.27. The SMILES string of the molecule is Cc1ccc(-c2[nH]ncc2CNCc2ccon2)o1. The van der Waals surface area contributed by atoms with E-state index in [0.717, 1.165) is 28.5 Å². The predicted octanol–water partition coefficient (Wildman–Crippen LogP) is 2.26. The molecule has 0 aliphatic rings. The van der Waals surface area contributed by atoms with Crippen molar-refractivity contribution in [2.45, 2.75) is 20.0 Å². The molecular weight excluding hydrogens is 244 g/mol. The lowest BCUT2D eigenvalue weighted by Crippen LogP contribution is -2.12. The lowest BCUT2D eigenvalue weighted by atomic mass is 10.2. The first-order chi connectivity index (χ1) is 9.33. The van der Waals surface area contributed by atoms with E-state index in [1.54, 1.807) is 12.5 Å². The van der Waals surface area contributed by atoms with Crippen molar-refractivity contribution >= 4 is 0 Å². The molecule has 3 rings (SSSR count). The standard InChI is InChI=1S/C13H14N4O2/c1-9-2-3-12(19-9)13-10(7-15-16-13)6-14-8-11-4-5-18-17-11/h2-5,7,14H,6,8H2,1H3,(H,15,16). The van der Waals surface area contributed by atoms with Crippen LogP contribution in [0.15, 0.2) is 39.6 Å². The summed E-state index contributed by atoms with van der Waals surface area (Å²) in [6, 6.07) is 5.70. The van der Waals surface area contributed by atoms with E-state index in [1.165, 1.54) is 0 Å². The molecule has 0 bridgehead atoms. The third-order valence-corrected chi connectivity index (χ3v) is 2.82. The van der Waals surface area contributed by atoms with Crippen LogP contribution < -0.4 is 5.32 Å². The van der Waals surface area contributed by atoms with Crippen LogP contribution in [0.5, 0.6) is 0 Å². The molecule has 0 aliphatic carbocycles. The molecule has 0 saturated carbocycles. The fraction of sp³-hybridized carbons (Fsp3) is 0.231. The summed E-state index contributed by atoms with van der Waals surface area (Å²) in [6.07, 6.45) is 3.36. The van der Waals surface area contributed by atoms with Gasteiger partial charge in [-0.25, -0.2) is 0 Å². The quantitative estimate of drug-likeness (QED) is 0.733. The van der Waals surface area contributed by atoms with Crippen LogP contribution in [0.25, 0.3) is 11.5 Å². The summed E-state index contributed by atoms with van der Waals surface area (Å²) in [5, 5.41) is 14.1. The molecule has 6 heteroatoms. The van der Waals surface area contributed by atoms with Crippen molar-refractivity contribution in [3.63, 3.8) is 0 Å². The summed E-state index contributed by atoms with van der Waals surface area (Å²) in [6.45, 7) is 3.25. The van der Waals surface area contributed by atoms with Gasteiger partial charge in [-0.2, -0.15) is 5.10 Å². The van der Waals surface area contributed by atoms with Crippen LogP contribution in [-0.4, -0.2) is 15.4 Å². The van der Waals surface area contributed by atoms with Gasteiger partial charge < -0.3 is 14.3 Å². The van der Waals surface area contributed by atoms with Gasteiger partial charge in [-0.15, -0.1) is 0 Å². The summed E-state index contributed by atoms with van der Waals surface area (Å²) in [7, 11) is 0. The maximum Gasteiger partial charge on any atom is 0.152 e. The highest BCUT2D eigenvalue weighted by Crippen LogP contribution is 2.23. The maximum absolute atomic E-state index is 5.59. The third-order valence-electron chi connectivity index (χ3n) is 2.82. The van der Waals surface area contributed by atoms with E-state index >= 15 is 0 Å². The van der Waals surface area contributed by atoms with E-state index in [-0.39, 0.29) is 0 Å². The second kappa shape index (κ2) is 5.11. The Balaban J connectivity index is 1.67. The fourth-order valence-corrected chi connectivity index (χ4v) is 1.88. The Kier molecular flexibility index (Phi) is 3.16. The van der Waals surface area contributed by atoms with Gasteiger partial charge in [-0.05, 0) is 19.1 Å². The van der Waals surface area contributed by atoms with Gasteiger partial charge in [0.1, 0.15) is 17.7 Å². The number of furan rings is 1. The lowest BCUT2D eigenvalue weighted by molar-refractivity contribution is 0.408. The Morgan fingerprint density at radius 3 is 2.95 bits per heavy atom. The van der Waals surface area contributed by atoms with Gasteiger partial charge in [-0.3, -0.25) is 5.10 Å². The normalized spacial score (nSPS) is 11.0. The number of nitrogens with one attached hydrogen (secondary N) is 2. The minimum absolute atomic E-state index is 0.651. The van der Waals surface area contributed by atoms with Crippen molar-refractivity contribution in [2.24, 2.45) is 0 Å². The lowest BCUT2D eigenvalue weighted by Gasteiger charge is -2.02. The molecule has 3 aromatic heterocycles. The highest BCUT2D eigenvalue weighted by molar-refractivity contribution is 5.56. The zero-order chi connectivity index (χ0) is 13.1. The zero-order valence-electron chi connectivity index (χ0n) is 10.5. The van der Waals surface area contributed by atoms with E-state index in [4.69, 9.17) is 8.94 Å². The van der Waals surface area contributed by atoms with Crippen LogP contribution in [0, 0.1) is 6.92 Å². The van der Waals surface area contributed by atoms with E-state index < -0.39 is 0 Å². The van der Waals surface area contributed by atoms with Crippen LogP contribution in [-0.2, 0) is 13.1 Å². The molecule has 0 fully saturated rings. The van der Waals surface area contributed by atoms with Gasteiger partial charge in [0.2, 0.25) is 0 Å². The molecular formula is C13H14N4O2. The fourth-order valence-electron chi connectivity index (χ4n) is 1.88. The molecule has 19 heavy (non-hydrogen) atoms. The minimum atomic E-state index is 0.651. The summed E-state index contributed by atoms with van der Waals surface area (Å²) in [5.74, 6) is 1.68. The summed E-state index contributed by atoms with van der Waals surface area (Å²) in [4.78, 5) is 0. The van der Waals surface area contributed by atoms with E-state index in [0.29, 0.717) is 13.1 Å². The Bertz CT molecular complexity index is 639. The largest absolute Gasteiger partial charge is 0.460 e. The highest BCUT2D eigenvalue weighted by Gasteiger charge is 2.10. The summed E-state index contributed by atoms with van der Waals surface area (Å²) >= 11 is 0. The monoisotopic (exact) mass is 258 g/mol. The van der Waals surface area contributed by atoms with Crippen molar-refractivity contribution in [2.75, 3.05) is 0 Å². The zero-order valence-corrected chi connectivity index (χ0v) is 10.5. The number of aryl methyl sites for hydroxylation is 1. The molecule has 0 radical (unpaired) electrons. The van der Waals surface area contributed by atoms with E-state index in [9.17, 15) is 0 Å². The Hall–Kier alpha value is -2.34. The number of H-pyrrole nitrogens is 1. The Morgan fingerprint density at radius 2 is 2.21 bits per heavy atom. The number of rotatable bonds is 5. The predicted molar refractivity (Wildman–Crippen MR) is 68.1 cm³/mol. The average Bonchev–Trinajstić information content (AvgIpc) is 3.10. The van der Waals surface area contributed by atoms with Gasteiger partial charge in [-0.1, -0.05) is 5.16 Å². The van der Waals surface area contributed by atoms with Gasteiger partial charge in [0.15, 0.2) is 5.76 Å². The van der Waals surface area contributed by atoms with Gasteiger partial charge in [0, 0.05) is 24.7 Å². The van der Waals surface area contributed by atoms with Gasteiger partial charge in [0.05, 0.1) is 11.9 Å². The van der Waals surface area contributed by atoms with Crippen LogP contribution >= 0.6 is 0 Å². The van der Waals surface area contributed by atoms with Crippen LogP contribution in [0.3, 0.4) is 0 Å². The summed E-state index contributed by atoms with van der Waals surface area (Å²) in [5.41, 5.74) is 2.83. The number of hydrogen-bond acceptors (Lipinski definition) is 5. The molecule has 6 nitrogen and oxygen atoms in total. The Labute approximate surface area is 109 Å². The number of aromatic amines is 1. The molecule has 0 unspecified atom stereocenters. The van der Waals surface area contributed by atoms with Crippen LogP contribution in [0.1, 0.15) is 17.0 Å². The molecule has 0 amide bonds. The number of aromatic nitrogens is 3. The molecule has 0 aromatic carbocycles. The van der Waals surface area contributed by atoms with Crippen molar-refractivity contribution in [1.82, 2.24) is 20.7 Å². The molecule has 3 heterocycles. The molecule has 0 atom stereocenters. The maximum atomic E-state index is 5.59. The average molecular weight is 258 g/mol. The van der Waals surface area contributed by atoms with Crippen molar-refractivity contribution in [1.29, 1.82) is 0 Å². The first kappa shape index (κ1) is 11.7. The van der Waals surface area contributed by atoms with Gasteiger partial charge >= 0.3 is 0 Å². The minimum Gasteiger partial charge on any atom is -0.460 e. The Morgan fingerprint density at radius 1 is 1.26 bits per heavy atom. The second-order valence-corrected chi connectivity index (χ2v) is 4.27. The van der Waals surface area contributed by atoms with E-state index in [1.807, 2.05) is 25.1 Å². The molecule has 0 saturated heterocycles. The van der Waals surface area contributed by atoms with E-state index in [2.05, 4.69) is 20.7 Å². The third kappa shape index (κ3) is 2.58. The van der Waals surface area contributed by atoms with Crippen molar-refractivity contribution in [3.8, 4) is 11.5 Å². The summed E-state index contributed by atoms with van der Waals surface area (Å²) < 4.78 is 10.4. The first-order valence-electron chi connectivity index (χ1n) is 6.02. The first-order valence-corrected chi connectivity index (χ1v) is 6.02. The van der Waals surface area contributed by atoms with Crippen LogP contribution in [0.2, 0.25) is 0 Å². The van der Waals surface area contributed by atoms with Crippen LogP contribution in [0.4, 0.5) is 0 Å². The smallest absolute Gasteiger partial charge is 0.152 e. The van der Waals surface area contributed by atoms with Crippen molar-refractivity contribution < 1.29 is 8.94 Å². The molecule has 0 spiro atoms.